The molecule has 0 aliphatic heterocycles. The number of nitrogens with two attached hydrogens (primary N) is 1. The second-order valence-electron chi connectivity index (χ2n) is 2.61. The van der Waals surface area contributed by atoms with Crippen molar-refractivity contribution in [1.29, 1.82) is 0 Å². The fourth-order valence-corrected chi connectivity index (χ4v) is 0.954. The van der Waals surface area contributed by atoms with Crippen molar-refractivity contribution in [3.8, 4) is 0 Å². The minimum absolute atomic E-state index is 0.0941. The van der Waals surface area contributed by atoms with E-state index in [4.69, 9.17) is 5.73 Å². The van der Waals surface area contributed by atoms with E-state index in [1.165, 1.54) is 19.3 Å². The summed E-state index contributed by atoms with van der Waals surface area (Å²) in [5.74, 6) is 0. The highest BCUT2D eigenvalue weighted by Gasteiger charge is 1.88. The molecule has 0 aromatic carbocycles. The Kier molecular flexibility index (Phi) is 8.85. The zero-order chi connectivity index (χ0) is 7.66. The van der Waals surface area contributed by atoms with Crippen LogP contribution in [0.5, 0.6) is 0 Å². The lowest BCUT2D eigenvalue weighted by molar-refractivity contribution is 0.186. The van der Waals surface area contributed by atoms with Crippen LogP contribution in [0.3, 0.4) is 0 Å². The SMILES string of the molecule is NCCCCCCCC[O]. The van der Waals surface area contributed by atoms with Gasteiger partial charge in [0.1, 0.15) is 0 Å². The van der Waals surface area contributed by atoms with E-state index in [-0.39, 0.29) is 6.61 Å². The van der Waals surface area contributed by atoms with Gasteiger partial charge < -0.3 is 5.73 Å². The maximum atomic E-state index is 10.00. The van der Waals surface area contributed by atoms with Crippen LogP contribution in [-0.2, 0) is 5.11 Å². The predicted octanol–water partition coefficient (Wildman–Crippen LogP) is 1.72. The van der Waals surface area contributed by atoms with E-state index in [0.717, 1.165) is 25.8 Å². The Labute approximate surface area is 63.4 Å². The summed E-state index contributed by atoms with van der Waals surface area (Å²) >= 11 is 0. The maximum absolute atomic E-state index is 10.00. The molecular formula is C8H18NO. The van der Waals surface area contributed by atoms with Crippen LogP contribution in [0.25, 0.3) is 0 Å². The molecular weight excluding hydrogens is 126 g/mol. The molecule has 2 heteroatoms. The van der Waals surface area contributed by atoms with Gasteiger partial charge in [0, 0.05) is 0 Å². The Hall–Kier alpha value is -0.0800. The van der Waals surface area contributed by atoms with E-state index in [9.17, 15) is 5.11 Å². The van der Waals surface area contributed by atoms with E-state index in [1.807, 2.05) is 0 Å². The molecule has 0 amide bonds. The summed E-state index contributed by atoms with van der Waals surface area (Å²) in [6, 6.07) is 0. The minimum Gasteiger partial charge on any atom is -0.330 e. The monoisotopic (exact) mass is 144 g/mol. The van der Waals surface area contributed by atoms with Gasteiger partial charge in [-0.2, -0.15) is 0 Å². The zero-order valence-electron chi connectivity index (χ0n) is 6.64. The highest BCUT2D eigenvalue weighted by atomic mass is 16.2. The summed E-state index contributed by atoms with van der Waals surface area (Å²) in [7, 11) is 0. The summed E-state index contributed by atoms with van der Waals surface area (Å²) in [4.78, 5) is 0. The summed E-state index contributed by atoms with van der Waals surface area (Å²) in [6.45, 7) is 0.901. The van der Waals surface area contributed by atoms with Crippen molar-refractivity contribution >= 4 is 0 Å². The lowest BCUT2D eigenvalue weighted by Crippen LogP contribution is -1.97. The quantitative estimate of drug-likeness (QED) is 0.543. The first-order chi connectivity index (χ1) is 4.91. The first kappa shape index (κ1) is 9.92. The van der Waals surface area contributed by atoms with Crippen molar-refractivity contribution in [2.24, 2.45) is 5.73 Å². The van der Waals surface area contributed by atoms with Crippen LogP contribution in [0.15, 0.2) is 0 Å². The van der Waals surface area contributed by atoms with Crippen molar-refractivity contribution in [2.45, 2.75) is 38.5 Å². The first-order valence-electron chi connectivity index (χ1n) is 4.20. The fraction of sp³-hybridized carbons (Fsp3) is 1.00. The molecule has 0 heterocycles. The van der Waals surface area contributed by atoms with Crippen LogP contribution in [-0.4, -0.2) is 13.2 Å². The van der Waals surface area contributed by atoms with E-state index < -0.39 is 0 Å². The number of hydrogen-bond acceptors (Lipinski definition) is 1. The molecule has 0 aromatic heterocycles. The zero-order valence-corrected chi connectivity index (χ0v) is 6.64. The topological polar surface area (TPSA) is 45.9 Å². The van der Waals surface area contributed by atoms with Gasteiger partial charge in [-0.15, -0.1) is 0 Å². The van der Waals surface area contributed by atoms with Crippen molar-refractivity contribution < 1.29 is 5.11 Å². The van der Waals surface area contributed by atoms with Crippen molar-refractivity contribution in [1.82, 2.24) is 0 Å². The molecule has 0 aromatic rings. The third-order valence-electron chi connectivity index (χ3n) is 1.60. The highest BCUT2D eigenvalue weighted by molar-refractivity contribution is 4.44. The summed E-state index contributed by atoms with van der Waals surface area (Å²) in [5.41, 5.74) is 5.32. The Balaban J connectivity index is 2.65. The van der Waals surface area contributed by atoms with Gasteiger partial charge in [-0.3, -0.25) is 0 Å². The van der Waals surface area contributed by atoms with Crippen LogP contribution in [0.1, 0.15) is 38.5 Å². The van der Waals surface area contributed by atoms with E-state index in [1.54, 1.807) is 0 Å². The molecule has 2 nitrogen and oxygen atoms in total. The molecule has 0 fully saturated rings. The lowest BCUT2D eigenvalue weighted by Gasteiger charge is -1.97. The van der Waals surface area contributed by atoms with E-state index >= 15 is 0 Å². The third-order valence-corrected chi connectivity index (χ3v) is 1.60. The summed E-state index contributed by atoms with van der Waals surface area (Å²) in [6.07, 6.45) is 6.78. The van der Waals surface area contributed by atoms with Gasteiger partial charge in [0.05, 0.1) is 6.61 Å². The van der Waals surface area contributed by atoms with Gasteiger partial charge in [0.15, 0.2) is 0 Å². The maximum Gasteiger partial charge on any atom is 0.0822 e. The van der Waals surface area contributed by atoms with Gasteiger partial charge in [0.2, 0.25) is 0 Å². The van der Waals surface area contributed by atoms with Gasteiger partial charge in [-0.25, -0.2) is 5.11 Å². The predicted molar refractivity (Wildman–Crippen MR) is 42.3 cm³/mol. The standard InChI is InChI=1S/C8H18NO/c9-7-5-3-1-2-4-6-8-10/h1-9H2. The average Bonchev–Trinajstić information content (AvgIpc) is 1.97. The number of rotatable bonds is 7. The molecule has 2 N–H and O–H groups in total. The normalized spacial score (nSPS) is 10.2. The minimum atomic E-state index is 0.0941. The molecule has 61 valence electrons. The van der Waals surface area contributed by atoms with Crippen molar-refractivity contribution in [3.63, 3.8) is 0 Å². The van der Waals surface area contributed by atoms with Crippen LogP contribution < -0.4 is 5.73 Å². The number of unbranched alkanes of at least 4 members (excludes halogenated alkanes) is 5. The molecule has 0 saturated carbocycles. The molecule has 0 atom stereocenters. The smallest absolute Gasteiger partial charge is 0.0822 e. The van der Waals surface area contributed by atoms with Gasteiger partial charge >= 0.3 is 0 Å². The van der Waals surface area contributed by atoms with Gasteiger partial charge in [0.25, 0.3) is 0 Å². The van der Waals surface area contributed by atoms with Crippen LogP contribution in [0.2, 0.25) is 0 Å². The fourth-order valence-electron chi connectivity index (χ4n) is 0.954. The van der Waals surface area contributed by atoms with Crippen LogP contribution in [0, 0.1) is 0 Å². The Morgan fingerprint density at radius 1 is 0.800 bits per heavy atom. The van der Waals surface area contributed by atoms with Gasteiger partial charge in [-0.05, 0) is 19.4 Å². The van der Waals surface area contributed by atoms with E-state index in [0.29, 0.717) is 0 Å². The van der Waals surface area contributed by atoms with Crippen LogP contribution in [0.4, 0.5) is 0 Å². The summed E-state index contributed by atoms with van der Waals surface area (Å²) in [5, 5.41) is 10.00. The average molecular weight is 144 g/mol. The lowest BCUT2D eigenvalue weighted by atomic mass is 10.1. The number of hydrogen-bond donors (Lipinski definition) is 1. The first-order valence-corrected chi connectivity index (χ1v) is 4.20. The molecule has 1 radical (unpaired) electrons. The van der Waals surface area contributed by atoms with Crippen molar-refractivity contribution in [2.75, 3.05) is 13.2 Å². The third kappa shape index (κ3) is 7.92. The Morgan fingerprint density at radius 3 is 1.80 bits per heavy atom. The molecule has 0 spiro atoms. The van der Waals surface area contributed by atoms with E-state index in [2.05, 4.69) is 0 Å². The second kappa shape index (κ2) is 8.92. The second-order valence-corrected chi connectivity index (χ2v) is 2.61. The molecule has 0 rings (SSSR count). The molecule has 10 heavy (non-hydrogen) atoms. The van der Waals surface area contributed by atoms with Crippen LogP contribution >= 0.6 is 0 Å². The molecule has 0 aliphatic carbocycles. The highest BCUT2D eigenvalue weighted by Crippen LogP contribution is 2.03. The molecule has 0 unspecified atom stereocenters. The summed E-state index contributed by atoms with van der Waals surface area (Å²) < 4.78 is 0. The van der Waals surface area contributed by atoms with Crippen molar-refractivity contribution in [3.05, 3.63) is 0 Å². The molecule has 0 saturated heterocycles. The van der Waals surface area contributed by atoms with Gasteiger partial charge in [-0.1, -0.05) is 25.7 Å². The Bertz CT molecular complexity index is 49.2. The Morgan fingerprint density at radius 2 is 1.30 bits per heavy atom. The largest absolute Gasteiger partial charge is 0.330 e. The molecule has 0 aliphatic rings. The molecule has 0 bridgehead atoms.